The van der Waals surface area contributed by atoms with Crippen LogP contribution in [0.4, 0.5) is 4.79 Å². The number of hydrogen-bond donors (Lipinski definition) is 0. The van der Waals surface area contributed by atoms with Crippen LogP contribution in [0.2, 0.25) is 0 Å². The molecule has 1 fully saturated rings. The van der Waals surface area contributed by atoms with Crippen LogP contribution < -0.4 is 0 Å². The summed E-state index contributed by atoms with van der Waals surface area (Å²) in [6.07, 6.45) is 0.419. The van der Waals surface area contributed by atoms with Crippen molar-refractivity contribution in [2.24, 2.45) is 5.92 Å². The molecule has 0 atom stereocenters. The smallest absolute Gasteiger partial charge is 0.410 e. The summed E-state index contributed by atoms with van der Waals surface area (Å²) in [5.41, 5.74) is -0.460. The Bertz CT molecular complexity index is 701. The van der Waals surface area contributed by atoms with Gasteiger partial charge in [0.25, 0.3) is 0 Å². The van der Waals surface area contributed by atoms with Gasteiger partial charge in [-0.25, -0.2) is 4.79 Å². The Hall–Kier alpha value is -1.41. The number of rotatable bonds is 3. The Morgan fingerprint density at radius 3 is 2.87 bits per heavy atom. The number of amides is 1. The molecule has 6 nitrogen and oxygen atoms in total. The molecular weight excluding hydrogens is 382 g/mol. The van der Waals surface area contributed by atoms with Crippen LogP contribution in [0.1, 0.15) is 26.7 Å². The van der Waals surface area contributed by atoms with Crippen LogP contribution in [0, 0.1) is 5.92 Å². The largest absolute Gasteiger partial charge is 0.444 e. The third-order valence-corrected chi connectivity index (χ3v) is 5.02. The van der Waals surface area contributed by atoms with Gasteiger partial charge in [0, 0.05) is 35.3 Å². The van der Waals surface area contributed by atoms with Crippen LogP contribution >= 0.6 is 27.3 Å². The third-order valence-electron chi connectivity index (χ3n) is 3.33. The molecule has 8 heteroatoms. The van der Waals surface area contributed by atoms with Crippen molar-refractivity contribution in [2.75, 3.05) is 13.1 Å². The molecule has 124 valence electrons. The lowest BCUT2D eigenvalue weighted by molar-refractivity contribution is -0.00186. The van der Waals surface area contributed by atoms with E-state index in [9.17, 15) is 4.79 Å². The van der Waals surface area contributed by atoms with Gasteiger partial charge in [0.15, 0.2) is 0 Å². The summed E-state index contributed by atoms with van der Waals surface area (Å²) in [6.45, 7) is 6.93. The van der Waals surface area contributed by atoms with E-state index in [1.54, 1.807) is 16.2 Å². The monoisotopic (exact) mass is 399 g/mol. The Labute approximate surface area is 146 Å². The molecule has 1 amide bonds. The maximum atomic E-state index is 11.9. The molecule has 0 spiro atoms. The minimum atomic E-state index is -0.460. The van der Waals surface area contributed by atoms with Gasteiger partial charge in [-0.1, -0.05) is 5.16 Å². The summed E-state index contributed by atoms with van der Waals surface area (Å²) in [4.78, 5) is 19.0. The summed E-state index contributed by atoms with van der Waals surface area (Å²) in [5, 5.41) is 5.99. The molecule has 3 heterocycles. The highest BCUT2D eigenvalue weighted by Crippen LogP contribution is 2.29. The first-order valence-electron chi connectivity index (χ1n) is 7.35. The number of carbonyl (C=O) groups is 1. The van der Waals surface area contributed by atoms with Crippen LogP contribution in [0.3, 0.4) is 0 Å². The van der Waals surface area contributed by atoms with Gasteiger partial charge in [0.1, 0.15) is 5.60 Å². The van der Waals surface area contributed by atoms with Gasteiger partial charge in [0.05, 0.1) is 4.88 Å². The molecule has 1 aliphatic rings. The molecule has 0 aliphatic carbocycles. The van der Waals surface area contributed by atoms with Crippen molar-refractivity contribution in [3.8, 4) is 10.7 Å². The molecule has 2 aromatic rings. The average Bonchev–Trinajstić information content (AvgIpc) is 2.99. The third kappa shape index (κ3) is 4.11. The van der Waals surface area contributed by atoms with E-state index in [0.717, 1.165) is 9.35 Å². The van der Waals surface area contributed by atoms with Gasteiger partial charge in [-0.3, -0.25) is 0 Å². The number of hydrogen-bond acceptors (Lipinski definition) is 6. The molecule has 1 aliphatic heterocycles. The highest BCUT2D eigenvalue weighted by molar-refractivity contribution is 9.10. The van der Waals surface area contributed by atoms with E-state index >= 15 is 0 Å². The number of likely N-dealkylation sites (tertiary alicyclic amines) is 1. The van der Waals surface area contributed by atoms with Gasteiger partial charge >= 0.3 is 6.09 Å². The predicted octanol–water partition coefficient (Wildman–Crippen LogP) is 3.97. The van der Waals surface area contributed by atoms with Crippen LogP contribution in [0.15, 0.2) is 20.4 Å². The zero-order chi connectivity index (χ0) is 16.6. The van der Waals surface area contributed by atoms with Crippen molar-refractivity contribution in [1.29, 1.82) is 0 Å². The summed E-state index contributed by atoms with van der Waals surface area (Å²) >= 11 is 4.98. The van der Waals surface area contributed by atoms with Crippen molar-refractivity contribution >= 4 is 33.4 Å². The van der Waals surface area contributed by atoms with E-state index in [1.165, 1.54) is 0 Å². The summed E-state index contributed by atoms with van der Waals surface area (Å²) in [7, 11) is 0. The minimum Gasteiger partial charge on any atom is -0.444 e. The second-order valence-electron chi connectivity index (χ2n) is 6.60. The van der Waals surface area contributed by atoms with Crippen molar-refractivity contribution < 1.29 is 14.1 Å². The molecule has 1 saturated heterocycles. The first-order chi connectivity index (χ1) is 10.8. The topological polar surface area (TPSA) is 68.5 Å². The second kappa shape index (κ2) is 6.24. The zero-order valence-corrected chi connectivity index (χ0v) is 15.6. The molecule has 0 radical (unpaired) electrons. The highest BCUT2D eigenvalue weighted by atomic mass is 79.9. The lowest BCUT2D eigenvalue weighted by atomic mass is 9.97. The zero-order valence-electron chi connectivity index (χ0n) is 13.2. The Morgan fingerprint density at radius 1 is 1.52 bits per heavy atom. The summed E-state index contributed by atoms with van der Waals surface area (Å²) < 4.78 is 11.7. The highest BCUT2D eigenvalue weighted by Gasteiger charge is 2.34. The first-order valence-corrected chi connectivity index (χ1v) is 9.02. The fourth-order valence-corrected chi connectivity index (χ4v) is 3.64. The van der Waals surface area contributed by atoms with Crippen molar-refractivity contribution in [3.05, 3.63) is 21.8 Å². The second-order valence-corrected chi connectivity index (χ2v) is 8.42. The summed E-state index contributed by atoms with van der Waals surface area (Å²) in [5.74, 6) is 1.56. The lowest BCUT2D eigenvalue weighted by Gasteiger charge is -2.39. The minimum absolute atomic E-state index is 0.261. The van der Waals surface area contributed by atoms with Crippen LogP contribution in [0.25, 0.3) is 10.7 Å². The molecule has 0 bridgehead atoms. The van der Waals surface area contributed by atoms with E-state index in [-0.39, 0.29) is 6.09 Å². The molecule has 0 N–H and O–H groups in total. The van der Waals surface area contributed by atoms with Crippen LogP contribution in [-0.2, 0) is 11.2 Å². The van der Waals surface area contributed by atoms with E-state index in [2.05, 4.69) is 26.1 Å². The van der Waals surface area contributed by atoms with Gasteiger partial charge in [0.2, 0.25) is 11.7 Å². The van der Waals surface area contributed by atoms with Gasteiger partial charge in [-0.15, -0.1) is 11.3 Å². The predicted molar refractivity (Wildman–Crippen MR) is 90.3 cm³/mol. The molecular formula is C15H18BrN3O3S. The molecule has 23 heavy (non-hydrogen) atoms. The van der Waals surface area contributed by atoms with E-state index in [4.69, 9.17) is 9.26 Å². The van der Waals surface area contributed by atoms with Gasteiger partial charge < -0.3 is 14.2 Å². The Morgan fingerprint density at radius 2 is 2.26 bits per heavy atom. The summed E-state index contributed by atoms with van der Waals surface area (Å²) in [6, 6.07) is 1.97. The normalized spacial score (nSPS) is 15.6. The van der Waals surface area contributed by atoms with Crippen molar-refractivity contribution in [3.63, 3.8) is 0 Å². The Kier molecular flexibility index (Phi) is 4.46. The maximum Gasteiger partial charge on any atom is 0.410 e. The SMILES string of the molecule is CC(C)(C)OC(=O)N1CC(Cc2nc(-c3cc(Br)cs3)no2)C1. The van der Waals surface area contributed by atoms with Crippen molar-refractivity contribution in [1.82, 2.24) is 15.0 Å². The fraction of sp³-hybridized carbons (Fsp3) is 0.533. The average molecular weight is 400 g/mol. The van der Waals surface area contributed by atoms with Crippen LogP contribution in [0.5, 0.6) is 0 Å². The Balaban J connectivity index is 1.51. The molecule has 2 aromatic heterocycles. The first kappa shape index (κ1) is 16.4. The number of halogens is 1. The van der Waals surface area contributed by atoms with Crippen LogP contribution in [-0.4, -0.2) is 39.8 Å². The molecule has 0 unspecified atom stereocenters. The number of carbonyl (C=O) groups excluding carboxylic acids is 1. The standard InChI is InChI=1S/C15H18BrN3O3S/c1-15(2,3)21-14(20)19-6-9(7-19)4-12-17-13(18-22-12)11-5-10(16)8-23-11/h5,8-9H,4,6-7H2,1-3H3. The quantitative estimate of drug-likeness (QED) is 0.780. The number of ether oxygens (including phenoxy) is 1. The van der Waals surface area contributed by atoms with Gasteiger partial charge in [-0.05, 0) is 42.8 Å². The maximum absolute atomic E-state index is 11.9. The van der Waals surface area contributed by atoms with E-state index < -0.39 is 5.60 Å². The molecule has 0 saturated carbocycles. The lowest BCUT2D eigenvalue weighted by Crippen LogP contribution is -2.52. The van der Waals surface area contributed by atoms with Gasteiger partial charge in [-0.2, -0.15) is 4.98 Å². The fourth-order valence-electron chi connectivity index (χ4n) is 2.29. The number of aromatic nitrogens is 2. The molecule has 3 rings (SSSR count). The van der Waals surface area contributed by atoms with E-state index in [1.807, 2.05) is 32.2 Å². The van der Waals surface area contributed by atoms with Crippen molar-refractivity contribution in [2.45, 2.75) is 32.8 Å². The number of nitrogens with zero attached hydrogens (tertiary/aromatic N) is 3. The number of thiophene rings is 1. The van der Waals surface area contributed by atoms with E-state index in [0.29, 0.717) is 37.1 Å². The molecule has 0 aromatic carbocycles.